The Morgan fingerprint density at radius 2 is 2.10 bits per heavy atom. The van der Waals surface area contributed by atoms with Gasteiger partial charge in [0.25, 0.3) is 5.78 Å². The zero-order valence-electron chi connectivity index (χ0n) is 11.0. The maximum atomic E-state index is 9.59. The Balaban J connectivity index is 2.23. The van der Waals surface area contributed by atoms with Crippen LogP contribution in [0.15, 0.2) is 30.6 Å². The standard InChI is InChI=1S/C14H9Cl2N5/c1-8-4-13(21-14(20-8)18-7-19-21)11(6-17)10-3-2-9(15)5-12(10)16/h2-5,7,11H,1H3. The normalized spacial score (nSPS) is 12.3. The molecule has 0 bridgehead atoms. The van der Waals surface area contributed by atoms with E-state index in [1.807, 2.05) is 6.92 Å². The summed E-state index contributed by atoms with van der Waals surface area (Å²) < 4.78 is 1.55. The van der Waals surface area contributed by atoms with E-state index in [0.717, 1.165) is 5.69 Å². The van der Waals surface area contributed by atoms with Crippen molar-refractivity contribution >= 4 is 29.0 Å². The van der Waals surface area contributed by atoms with E-state index in [9.17, 15) is 5.26 Å². The SMILES string of the molecule is Cc1cc(C(C#N)c2ccc(Cl)cc2Cl)n2ncnc2n1. The second-order valence-corrected chi connectivity index (χ2v) is 5.37. The largest absolute Gasteiger partial charge is 0.252 e. The highest BCUT2D eigenvalue weighted by Gasteiger charge is 2.21. The van der Waals surface area contributed by atoms with Gasteiger partial charge in [0.2, 0.25) is 0 Å². The van der Waals surface area contributed by atoms with Gasteiger partial charge in [-0.2, -0.15) is 19.9 Å². The van der Waals surface area contributed by atoms with E-state index in [1.165, 1.54) is 6.33 Å². The Hall–Kier alpha value is -2.16. The number of hydrogen-bond acceptors (Lipinski definition) is 4. The minimum absolute atomic E-state index is 0.441. The molecule has 0 saturated carbocycles. The van der Waals surface area contributed by atoms with Gasteiger partial charge in [-0.3, -0.25) is 0 Å². The Bertz CT molecular complexity index is 865. The quantitative estimate of drug-likeness (QED) is 0.726. The molecule has 0 aliphatic rings. The van der Waals surface area contributed by atoms with Gasteiger partial charge in [0.05, 0.1) is 11.8 Å². The van der Waals surface area contributed by atoms with Crippen LogP contribution in [0.2, 0.25) is 10.0 Å². The molecule has 2 aromatic heterocycles. The number of nitrogens with zero attached hydrogens (tertiary/aromatic N) is 5. The van der Waals surface area contributed by atoms with Crippen LogP contribution in [0.25, 0.3) is 5.78 Å². The van der Waals surface area contributed by atoms with Gasteiger partial charge in [0.15, 0.2) is 0 Å². The predicted molar refractivity (Wildman–Crippen MR) is 79.4 cm³/mol. The van der Waals surface area contributed by atoms with Gasteiger partial charge in [0, 0.05) is 15.7 Å². The summed E-state index contributed by atoms with van der Waals surface area (Å²) in [7, 11) is 0. The molecule has 0 saturated heterocycles. The topological polar surface area (TPSA) is 66.9 Å². The molecular formula is C14H9Cl2N5. The third-order valence-electron chi connectivity index (χ3n) is 3.11. The van der Waals surface area contributed by atoms with Crippen molar-refractivity contribution in [3.8, 4) is 6.07 Å². The van der Waals surface area contributed by atoms with Crippen LogP contribution in [0.5, 0.6) is 0 Å². The van der Waals surface area contributed by atoms with Crippen molar-refractivity contribution in [3.63, 3.8) is 0 Å². The highest BCUT2D eigenvalue weighted by atomic mass is 35.5. The summed E-state index contributed by atoms with van der Waals surface area (Å²) in [4.78, 5) is 8.33. The van der Waals surface area contributed by atoms with Crippen molar-refractivity contribution in [1.29, 1.82) is 5.26 Å². The van der Waals surface area contributed by atoms with E-state index >= 15 is 0 Å². The van der Waals surface area contributed by atoms with Crippen molar-refractivity contribution in [1.82, 2.24) is 19.6 Å². The molecule has 3 rings (SSSR count). The lowest BCUT2D eigenvalue weighted by Crippen LogP contribution is -2.09. The molecule has 1 unspecified atom stereocenters. The molecule has 0 spiro atoms. The molecule has 0 N–H and O–H groups in total. The summed E-state index contributed by atoms with van der Waals surface area (Å²) in [5, 5.41) is 14.7. The molecule has 21 heavy (non-hydrogen) atoms. The second kappa shape index (κ2) is 5.32. The zero-order chi connectivity index (χ0) is 15.0. The Morgan fingerprint density at radius 3 is 2.81 bits per heavy atom. The summed E-state index contributed by atoms with van der Waals surface area (Å²) in [6.45, 7) is 1.84. The van der Waals surface area contributed by atoms with Crippen molar-refractivity contribution in [2.45, 2.75) is 12.8 Å². The van der Waals surface area contributed by atoms with Gasteiger partial charge >= 0.3 is 0 Å². The molecule has 2 heterocycles. The lowest BCUT2D eigenvalue weighted by Gasteiger charge is -2.13. The Morgan fingerprint density at radius 1 is 1.29 bits per heavy atom. The first-order valence-electron chi connectivity index (χ1n) is 6.12. The first-order valence-corrected chi connectivity index (χ1v) is 6.87. The van der Waals surface area contributed by atoms with E-state index in [4.69, 9.17) is 23.2 Å². The number of benzene rings is 1. The fraction of sp³-hybridized carbons (Fsp3) is 0.143. The number of nitriles is 1. The van der Waals surface area contributed by atoms with Crippen molar-refractivity contribution < 1.29 is 0 Å². The number of aromatic nitrogens is 4. The monoisotopic (exact) mass is 317 g/mol. The fourth-order valence-corrected chi connectivity index (χ4v) is 2.71. The zero-order valence-corrected chi connectivity index (χ0v) is 12.5. The minimum atomic E-state index is -0.583. The maximum absolute atomic E-state index is 9.59. The molecule has 0 fully saturated rings. The van der Waals surface area contributed by atoms with Crippen LogP contribution in [0.3, 0.4) is 0 Å². The number of fused-ring (bicyclic) bond motifs is 1. The highest BCUT2D eigenvalue weighted by Crippen LogP contribution is 2.31. The number of halogens is 2. The van der Waals surface area contributed by atoms with E-state index in [2.05, 4.69) is 21.1 Å². The molecule has 0 radical (unpaired) electrons. The second-order valence-electron chi connectivity index (χ2n) is 4.52. The average molecular weight is 318 g/mol. The summed E-state index contributed by atoms with van der Waals surface area (Å²) in [5.41, 5.74) is 2.10. The lowest BCUT2D eigenvalue weighted by atomic mass is 9.96. The lowest BCUT2D eigenvalue weighted by molar-refractivity contribution is 0.818. The van der Waals surface area contributed by atoms with Crippen molar-refractivity contribution in [2.75, 3.05) is 0 Å². The van der Waals surface area contributed by atoms with Crippen molar-refractivity contribution in [2.24, 2.45) is 0 Å². The molecule has 0 amide bonds. The van der Waals surface area contributed by atoms with Gasteiger partial charge in [-0.25, -0.2) is 4.98 Å². The van der Waals surface area contributed by atoms with Crippen LogP contribution >= 0.6 is 23.2 Å². The summed E-state index contributed by atoms with van der Waals surface area (Å²) in [6.07, 6.45) is 1.41. The molecule has 0 aliphatic carbocycles. The molecule has 1 aromatic carbocycles. The smallest absolute Gasteiger partial charge is 0.216 e. The molecule has 104 valence electrons. The molecule has 3 aromatic rings. The third-order valence-corrected chi connectivity index (χ3v) is 3.67. The van der Waals surface area contributed by atoms with Gasteiger partial charge in [-0.15, -0.1) is 0 Å². The number of hydrogen-bond donors (Lipinski definition) is 0. The summed E-state index contributed by atoms with van der Waals surface area (Å²) in [6, 6.07) is 9.14. The summed E-state index contributed by atoms with van der Waals surface area (Å²) in [5.74, 6) is -0.129. The minimum Gasteiger partial charge on any atom is -0.216 e. The van der Waals surface area contributed by atoms with Crippen LogP contribution in [0, 0.1) is 18.3 Å². The van der Waals surface area contributed by atoms with E-state index in [-0.39, 0.29) is 0 Å². The van der Waals surface area contributed by atoms with E-state index < -0.39 is 5.92 Å². The van der Waals surface area contributed by atoms with Crippen LogP contribution < -0.4 is 0 Å². The number of rotatable bonds is 2. The predicted octanol–water partition coefficient (Wildman–Crippen LogP) is 3.40. The molecule has 0 aliphatic heterocycles. The van der Waals surface area contributed by atoms with E-state index in [1.54, 1.807) is 28.8 Å². The van der Waals surface area contributed by atoms with Gasteiger partial charge in [-0.05, 0) is 30.7 Å². The Labute approximate surface area is 130 Å². The maximum Gasteiger partial charge on any atom is 0.252 e. The van der Waals surface area contributed by atoms with Gasteiger partial charge in [0.1, 0.15) is 12.2 Å². The van der Waals surface area contributed by atoms with Crippen LogP contribution in [0.1, 0.15) is 22.9 Å². The highest BCUT2D eigenvalue weighted by molar-refractivity contribution is 6.35. The summed E-state index contributed by atoms with van der Waals surface area (Å²) >= 11 is 12.1. The van der Waals surface area contributed by atoms with Gasteiger partial charge < -0.3 is 0 Å². The Kier molecular flexibility index (Phi) is 3.50. The van der Waals surface area contributed by atoms with Crippen LogP contribution in [0.4, 0.5) is 0 Å². The molecule has 5 nitrogen and oxygen atoms in total. The van der Waals surface area contributed by atoms with Crippen molar-refractivity contribution in [3.05, 3.63) is 57.6 Å². The first kappa shape index (κ1) is 13.8. The first-order chi connectivity index (χ1) is 10.1. The van der Waals surface area contributed by atoms with Crippen LogP contribution in [-0.4, -0.2) is 19.6 Å². The number of aryl methyl sites for hydroxylation is 1. The van der Waals surface area contributed by atoms with Gasteiger partial charge in [-0.1, -0.05) is 29.3 Å². The third kappa shape index (κ3) is 2.44. The van der Waals surface area contributed by atoms with E-state index in [0.29, 0.717) is 27.1 Å². The molecule has 7 heteroatoms. The fourth-order valence-electron chi connectivity index (χ4n) is 2.20. The molecule has 1 atom stereocenters. The average Bonchev–Trinajstić information content (AvgIpc) is 2.89. The van der Waals surface area contributed by atoms with Crippen LogP contribution in [-0.2, 0) is 0 Å². The molecular weight excluding hydrogens is 309 g/mol.